The highest BCUT2D eigenvalue weighted by molar-refractivity contribution is 5.49. The molecule has 104 valence electrons. The van der Waals surface area contributed by atoms with Gasteiger partial charge in [0.05, 0.1) is 0 Å². The van der Waals surface area contributed by atoms with Crippen LogP contribution < -0.4 is 10.2 Å². The second-order valence-electron chi connectivity index (χ2n) is 5.34. The van der Waals surface area contributed by atoms with Crippen LogP contribution in [0.5, 0.6) is 0 Å². The molecule has 1 heterocycles. The van der Waals surface area contributed by atoms with Crippen LogP contribution in [-0.2, 0) is 6.54 Å². The fourth-order valence-electron chi connectivity index (χ4n) is 2.24. The van der Waals surface area contributed by atoms with Gasteiger partial charge < -0.3 is 10.2 Å². The molecule has 1 aliphatic rings. The lowest BCUT2D eigenvalue weighted by Gasteiger charge is -2.19. The first-order valence-electron chi connectivity index (χ1n) is 7.08. The van der Waals surface area contributed by atoms with E-state index in [1.165, 1.54) is 18.4 Å². The molecule has 0 radical (unpaired) electrons. The summed E-state index contributed by atoms with van der Waals surface area (Å²) in [6, 6.07) is 12.5. The summed E-state index contributed by atoms with van der Waals surface area (Å²) in [6.45, 7) is 0.852. The number of nitrogens with zero attached hydrogens (tertiary/aromatic N) is 3. The highest BCUT2D eigenvalue weighted by atomic mass is 15.2. The average molecular weight is 268 g/mol. The van der Waals surface area contributed by atoms with Gasteiger partial charge in [-0.05, 0) is 18.4 Å². The Morgan fingerprint density at radius 3 is 2.60 bits per heavy atom. The van der Waals surface area contributed by atoms with Gasteiger partial charge in [0.2, 0.25) is 0 Å². The predicted octanol–water partition coefficient (Wildman–Crippen LogP) is 3.03. The molecule has 1 N–H and O–H groups in total. The minimum atomic E-state index is 0.562. The van der Waals surface area contributed by atoms with Crippen LogP contribution in [0.25, 0.3) is 0 Å². The molecule has 1 aromatic carbocycles. The second-order valence-corrected chi connectivity index (χ2v) is 5.34. The number of nitrogens with one attached hydrogen (secondary N) is 1. The Labute approximate surface area is 119 Å². The molecule has 0 atom stereocenters. The lowest BCUT2D eigenvalue weighted by Crippen LogP contribution is -2.19. The molecule has 0 spiro atoms. The Morgan fingerprint density at radius 2 is 1.95 bits per heavy atom. The van der Waals surface area contributed by atoms with E-state index in [0.717, 1.165) is 24.0 Å². The van der Waals surface area contributed by atoms with Gasteiger partial charge in [-0.3, -0.25) is 0 Å². The van der Waals surface area contributed by atoms with E-state index in [-0.39, 0.29) is 0 Å². The Kier molecular flexibility index (Phi) is 3.54. The molecule has 1 aromatic heterocycles. The molecule has 0 bridgehead atoms. The summed E-state index contributed by atoms with van der Waals surface area (Å²) in [5.74, 6) is 3.42. The summed E-state index contributed by atoms with van der Waals surface area (Å²) in [6.07, 6.45) is 2.43. The molecule has 2 aromatic rings. The Hall–Kier alpha value is -2.10. The van der Waals surface area contributed by atoms with Crippen LogP contribution >= 0.6 is 0 Å². The van der Waals surface area contributed by atoms with E-state index in [0.29, 0.717) is 5.92 Å². The van der Waals surface area contributed by atoms with Crippen molar-refractivity contribution in [1.29, 1.82) is 0 Å². The van der Waals surface area contributed by atoms with Crippen LogP contribution in [-0.4, -0.2) is 24.1 Å². The number of aromatic nitrogens is 2. The number of hydrogen-bond donors (Lipinski definition) is 1. The van der Waals surface area contributed by atoms with Gasteiger partial charge in [0.25, 0.3) is 0 Å². The van der Waals surface area contributed by atoms with Crippen LogP contribution in [0.2, 0.25) is 0 Å². The normalized spacial score (nSPS) is 14.1. The van der Waals surface area contributed by atoms with Crippen molar-refractivity contribution in [1.82, 2.24) is 9.97 Å². The highest BCUT2D eigenvalue weighted by Crippen LogP contribution is 2.39. The maximum Gasteiger partial charge on any atom is 0.136 e. The lowest BCUT2D eigenvalue weighted by atomic mass is 10.2. The lowest BCUT2D eigenvalue weighted by molar-refractivity contribution is 0.855. The third-order valence-electron chi connectivity index (χ3n) is 3.58. The maximum absolute atomic E-state index is 4.71. The number of rotatable bonds is 5. The monoisotopic (exact) mass is 268 g/mol. The summed E-state index contributed by atoms with van der Waals surface area (Å²) >= 11 is 0. The summed E-state index contributed by atoms with van der Waals surface area (Å²) in [5.41, 5.74) is 1.28. The first-order chi connectivity index (χ1) is 9.76. The third-order valence-corrected chi connectivity index (χ3v) is 3.58. The van der Waals surface area contributed by atoms with Crippen molar-refractivity contribution in [2.24, 2.45) is 0 Å². The van der Waals surface area contributed by atoms with Crippen LogP contribution in [0, 0.1) is 0 Å². The quantitative estimate of drug-likeness (QED) is 0.905. The molecule has 0 unspecified atom stereocenters. The van der Waals surface area contributed by atoms with E-state index in [2.05, 4.69) is 46.5 Å². The van der Waals surface area contributed by atoms with Crippen LogP contribution in [0.4, 0.5) is 11.6 Å². The van der Waals surface area contributed by atoms with Gasteiger partial charge in [-0.15, -0.1) is 0 Å². The Balaban J connectivity index is 1.83. The predicted molar refractivity (Wildman–Crippen MR) is 82.1 cm³/mol. The minimum absolute atomic E-state index is 0.562. The summed E-state index contributed by atoms with van der Waals surface area (Å²) < 4.78 is 0. The van der Waals surface area contributed by atoms with Gasteiger partial charge >= 0.3 is 0 Å². The standard InChI is InChI=1S/C16H20N4/c1-17-14-10-15(19-16(18-14)13-8-9-13)20(2)11-12-6-4-3-5-7-12/h3-7,10,13H,8-9,11H2,1-2H3,(H,17,18,19). The molecule has 0 saturated heterocycles. The molecule has 4 heteroatoms. The van der Waals surface area contributed by atoms with E-state index in [9.17, 15) is 0 Å². The summed E-state index contributed by atoms with van der Waals surface area (Å²) in [7, 11) is 3.98. The Morgan fingerprint density at radius 1 is 1.20 bits per heavy atom. The highest BCUT2D eigenvalue weighted by Gasteiger charge is 2.27. The zero-order chi connectivity index (χ0) is 13.9. The number of anilines is 2. The smallest absolute Gasteiger partial charge is 0.136 e. The van der Waals surface area contributed by atoms with E-state index >= 15 is 0 Å². The topological polar surface area (TPSA) is 41.0 Å². The Bertz CT molecular complexity index is 578. The van der Waals surface area contributed by atoms with E-state index in [1.807, 2.05) is 19.2 Å². The van der Waals surface area contributed by atoms with Gasteiger partial charge in [0.1, 0.15) is 17.5 Å². The van der Waals surface area contributed by atoms with Crippen molar-refractivity contribution in [2.45, 2.75) is 25.3 Å². The summed E-state index contributed by atoms with van der Waals surface area (Å²) in [5, 5.41) is 3.13. The van der Waals surface area contributed by atoms with E-state index in [1.54, 1.807) is 0 Å². The van der Waals surface area contributed by atoms with Gasteiger partial charge in [-0.25, -0.2) is 9.97 Å². The maximum atomic E-state index is 4.71. The van der Waals surface area contributed by atoms with Crippen LogP contribution in [0.1, 0.15) is 30.1 Å². The zero-order valence-electron chi connectivity index (χ0n) is 12.0. The minimum Gasteiger partial charge on any atom is -0.373 e. The molecule has 1 saturated carbocycles. The third kappa shape index (κ3) is 2.90. The van der Waals surface area contributed by atoms with Gasteiger partial charge in [-0.1, -0.05) is 30.3 Å². The van der Waals surface area contributed by atoms with Crippen molar-refractivity contribution in [3.8, 4) is 0 Å². The molecule has 1 fully saturated rings. The molecule has 0 aliphatic heterocycles. The second kappa shape index (κ2) is 5.49. The van der Waals surface area contributed by atoms with Gasteiger partial charge in [0, 0.05) is 32.6 Å². The number of hydrogen-bond acceptors (Lipinski definition) is 4. The molecule has 4 nitrogen and oxygen atoms in total. The van der Waals surface area contributed by atoms with Gasteiger partial charge in [0.15, 0.2) is 0 Å². The largest absolute Gasteiger partial charge is 0.373 e. The first-order valence-corrected chi connectivity index (χ1v) is 7.08. The fraction of sp³-hybridized carbons (Fsp3) is 0.375. The van der Waals surface area contributed by atoms with Crippen molar-refractivity contribution < 1.29 is 0 Å². The fourth-order valence-corrected chi connectivity index (χ4v) is 2.24. The van der Waals surface area contributed by atoms with Crippen molar-refractivity contribution in [2.75, 3.05) is 24.3 Å². The zero-order valence-corrected chi connectivity index (χ0v) is 12.0. The molecule has 20 heavy (non-hydrogen) atoms. The van der Waals surface area contributed by atoms with Crippen LogP contribution in [0.15, 0.2) is 36.4 Å². The molecule has 0 amide bonds. The molecule has 1 aliphatic carbocycles. The summed E-state index contributed by atoms with van der Waals surface area (Å²) in [4.78, 5) is 11.4. The molecule has 3 rings (SSSR count). The number of benzene rings is 1. The van der Waals surface area contributed by atoms with Crippen molar-refractivity contribution in [3.05, 3.63) is 47.8 Å². The average Bonchev–Trinajstić information content (AvgIpc) is 3.32. The van der Waals surface area contributed by atoms with Gasteiger partial charge in [-0.2, -0.15) is 0 Å². The molecular formula is C16H20N4. The van der Waals surface area contributed by atoms with Crippen molar-refractivity contribution in [3.63, 3.8) is 0 Å². The van der Waals surface area contributed by atoms with Crippen molar-refractivity contribution >= 4 is 11.6 Å². The van der Waals surface area contributed by atoms with Crippen LogP contribution in [0.3, 0.4) is 0 Å². The molecular weight excluding hydrogens is 248 g/mol. The van der Waals surface area contributed by atoms with E-state index < -0.39 is 0 Å². The SMILES string of the molecule is CNc1cc(N(C)Cc2ccccc2)nc(C2CC2)n1. The van der Waals surface area contributed by atoms with E-state index in [4.69, 9.17) is 4.98 Å². The first kappa shape index (κ1) is 12.9.